The predicted molar refractivity (Wildman–Crippen MR) is 49.1 cm³/mol. The van der Waals surface area contributed by atoms with Crippen LogP contribution in [0.25, 0.3) is 0 Å². The highest BCUT2D eigenvalue weighted by atomic mass is 16.3. The van der Waals surface area contributed by atoms with E-state index in [9.17, 15) is 9.90 Å². The molecule has 2 rings (SSSR count). The Balaban J connectivity index is 2.09. The lowest BCUT2D eigenvalue weighted by molar-refractivity contribution is -0.133. The van der Waals surface area contributed by atoms with Crippen molar-refractivity contribution in [2.24, 2.45) is 5.92 Å². The van der Waals surface area contributed by atoms with Gasteiger partial charge in [0.25, 0.3) is 0 Å². The predicted octanol–water partition coefficient (Wildman–Crippen LogP) is 0.768. The Morgan fingerprint density at radius 3 is 3.08 bits per heavy atom. The molecule has 74 valence electrons. The summed E-state index contributed by atoms with van der Waals surface area (Å²) in [6.07, 6.45) is 3.16. The lowest BCUT2D eigenvalue weighted by Gasteiger charge is -2.38. The van der Waals surface area contributed by atoms with E-state index in [0.717, 1.165) is 25.8 Å². The van der Waals surface area contributed by atoms with Crippen molar-refractivity contribution in [1.82, 2.24) is 4.90 Å². The molecule has 0 aliphatic carbocycles. The smallest absolute Gasteiger partial charge is 0.222 e. The Kier molecular flexibility index (Phi) is 2.28. The van der Waals surface area contributed by atoms with Crippen molar-refractivity contribution >= 4 is 5.91 Å². The summed E-state index contributed by atoms with van der Waals surface area (Å²) >= 11 is 0. The molecule has 1 amide bonds. The minimum atomic E-state index is -0.273. The van der Waals surface area contributed by atoms with E-state index in [1.807, 2.05) is 4.90 Å². The van der Waals surface area contributed by atoms with E-state index in [-0.39, 0.29) is 18.1 Å². The molecule has 1 N–H and O–H groups in total. The number of aliphatic hydroxyl groups is 1. The fourth-order valence-electron chi connectivity index (χ4n) is 2.54. The van der Waals surface area contributed by atoms with Gasteiger partial charge in [0.2, 0.25) is 5.91 Å². The molecule has 0 spiro atoms. The number of fused-ring (bicyclic) bond motifs is 1. The Bertz CT molecular complexity index is 217. The van der Waals surface area contributed by atoms with Crippen LogP contribution < -0.4 is 0 Å². The Morgan fingerprint density at radius 1 is 1.62 bits per heavy atom. The van der Waals surface area contributed by atoms with Crippen LogP contribution >= 0.6 is 0 Å². The number of hydrogen-bond acceptors (Lipinski definition) is 2. The summed E-state index contributed by atoms with van der Waals surface area (Å²) in [6, 6.07) is 0.135. The fraction of sp³-hybridized carbons (Fsp3) is 0.900. The minimum absolute atomic E-state index is 0.135. The summed E-state index contributed by atoms with van der Waals surface area (Å²) in [5, 5.41) is 9.80. The van der Waals surface area contributed by atoms with Gasteiger partial charge in [0.05, 0.1) is 12.1 Å². The molecule has 13 heavy (non-hydrogen) atoms. The molecule has 0 aromatic heterocycles. The van der Waals surface area contributed by atoms with Crippen molar-refractivity contribution in [3.8, 4) is 0 Å². The van der Waals surface area contributed by atoms with E-state index in [4.69, 9.17) is 0 Å². The molecule has 0 saturated carbocycles. The summed E-state index contributed by atoms with van der Waals surface area (Å²) in [5.74, 6) is 0.746. The monoisotopic (exact) mass is 183 g/mol. The molecule has 0 radical (unpaired) electrons. The van der Waals surface area contributed by atoms with E-state index in [1.165, 1.54) is 0 Å². The first-order chi connectivity index (χ1) is 6.22. The quantitative estimate of drug-likeness (QED) is 0.652. The van der Waals surface area contributed by atoms with Gasteiger partial charge in [-0.3, -0.25) is 4.79 Å². The van der Waals surface area contributed by atoms with Crippen LogP contribution in [0.1, 0.15) is 32.6 Å². The Labute approximate surface area is 78.7 Å². The van der Waals surface area contributed by atoms with Gasteiger partial charge in [0, 0.05) is 13.0 Å². The third-order valence-corrected chi connectivity index (χ3v) is 3.43. The molecule has 0 aromatic rings. The standard InChI is InChI=1S/C10H17NO2/c1-2-7-5-9(12)8-3-4-10(13)11(8)6-7/h7-9,12H,2-6H2,1H3/t7-,8-,9+/m0/s1. The highest BCUT2D eigenvalue weighted by Crippen LogP contribution is 2.31. The molecule has 3 heteroatoms. The summed E-state index contributed by atoms with van der Waals surface area (Å²) in [4.78, 5) is 13.3. The maximum absolute atomic E-state index is 11.4. The first-order valence-electron chi connectivity index (χ1n) is 5.20. The highest BCUT2D eigenvalue weighted by molar-refractivity contribution is 5.79. The van der Waals surface area contributed by atoms with E-state index in [0.29, 0.717) is 12.3 Å². The zero-order valence-corrected chi connectivity index (χ0v) is 8.07. The molecule has 0 bridgehead atoms. The average molecular weight is 183 g/mol. The number of hydrogen-bond donors (Lipinski definition) is 1. The second kappa shape index (κ2) is 3.29. The zero-order valence-electron chi connectivity index (χ0n) is 8.07. The van der Waals surface area contributed by atoms with E-state index in [1.54, 1.807) is 0 Å². The SMILES string of the molecule is CC[C@H]1C[C@@H](O)[C@@H]2CCC(=O)N2C1. The average Bonchev–Trinajstić information content (AvgIpc) is 2.48. The molecule has 2 fully saturated rings. The molecule has 2 aliphatic heterocycles. The van der Waals surface area contributed by atoms with Gasteiger partial charge in [0.1, 0.15) is 0 Å². The fourth-order valence-corrected chi connectivity index (χ4v) is 2.54. The number of carbonyl (C=O) groups is 1. The number of nitrogens with zero attached hydrogens (tertiary/aromatic N) is 1. The largest absolute Gasteiger partial charge is 0.391 e. The van der Waals surface area contributed by atoms with Gasteiger partial charge in [-0.25, -0.2) is 0 Å². The van der Waals surface area contributed by atoms with Gasteiger partial charge in [-0.15, -0.1) is 0 Å². The lowest BCUT2D eigenvalue weighted by atomic mass is 9.89. The summed E-state index contributed by atoms with van der Waals surface area (Å²) in [6.45, 7) is 3.00. The number of piperidine rings is 1. The third-order valence-electron chi connectivity index (χ3n) is 3.43. The molecule has 0 aromatic carbocycles. The van der Waals surface area contributed by atoms with Crippen LogP contribution in [0.4, 0.5) is 0 Å². The molecule has 3 atom stereocenters. The number of rotatable bonds is 1. The first kappa shape index (κ1) is 9.00. The van der Waals surface area contributed by atoms with Crippen molar-refractivity contribution < 1.29 is 9.90 Å². The van der Waals surface area contributed by atoms with Crippen molar-refractivity contribution in [1.29, 1.82) is 0 Å². The van der Waals surface area contributed by atoms with Crippen molar-refractivity contribution in [3.63, 3.8) is 0 Å². The molecular formula is C10H17NO2. The maximum Gasteiger partial charge on any atom is 0.222 e. The second-order valence-corrected chi connectivity index (χ2v) is 4.23. The van der Waals surface area contributed by atoms with Crippen LogP contribution in [-0.4, -0.2) is 34.6 Å². The molecule has 2 aliphatic rings. The van der Waals surface area contributed by atoms with E-state index >= 15 is 0 Å². The Hall–Kier alpha value is -0.570. The summed E-state index contributed by atoms with van der Waals surface area (Å²) in [5.41, 5.74) is 0. The Morgan fingerprint density at radius 2 is 2.38 bits per heavy atom. The van der Waals surface area contributed by atoms with E-state index in [2.05, 4.69) is 6.92 Å². The van der Waals surface area contributed by atoms with Crippen LogP contribution in [0.5, 0.6) is 0 Å². The van der Waals surface area contributed by atoms with E-state index < -0.39 is 0 Å². The topological polar surface area (TPSA) is 40.5 Å². The van der Waals surface area contributed by atoms with Crippen LogP contribution in [-0.2, 0) is 4.79 Å². The molecule has 0 unspecified atom stereocenters. The number of carbonyl (C=O) groups excluding carboxylic acids is 1. The normalized spacial score (nSPS) is 39.4. The molecular weight excluding hydrogens is 166 g/mol. The highest BCUT2D eigenvalue weighted by Gasteiger charge is 2.40. The summed E-state index contributed by atoms with van der Waals surface area (Å²) < 4.78 is 0. The van der Waals surface area contributed by atoms with Gasteiger partial charge in [-0.2, -0.15) is 0 Å². The number of amides is 1. The number of aliphatic hydroxyl groups excluding tert-OH is 1. The van der Waals surface area contributed by atoms with Gasteiger partial charge >= 0.3 is 0 Å². The van der Waals surface area contributed by atoms with Gasteiger partial charge < -0.3 is 10.0 Å². The van der Waals surface area contributed by atoms with Crippen LogP contribution in [0.3, 0.4) is 0 Å². The van der Waals surface area contributed by atoms with Crippen LogP contribution in [0, 0.1) is 5.92 Å². The summed E-state index contributed by atoms with van der Waals surface area (Å²) in [7, 11) is 0. The second-order valence-electron chi connectivity index (χ2n) is 4.23. The van der Waals surface area contributed by atoms with Crippen molar-refractivity contribution in [3.05, 3.63) is 0 Å². The van der Waals surface area contributed by atoms with Crippen LogP contribution in [0.15, 0.2) is 0 Å². The molecule has 2 saturated heterocycles. The van der Waals surface area contributed by atoms with Crippen molar-refractivity contribution in [2.45, 2.75) is 44.8 Å². The third kappa shape index (κ3) is 1.46. The van der Waals surface area contributed by atoms with Gasteiger partial charge in [-0.05, 0) is 18.8 Å². The molecule has 2 heterocycles. The van der Waals surface area contributed by atoms with Crippen LogP contribution in [0.2, 0.25) is 0 Å². The zero-order chi connectivity index (χ0) is 9.42. The molecule has 3 nitrogen and oxygen atoms in total. The maximum atomic E-state index is 11.4. The van der Waals surface area contributed by atoms with Gasteiger partial charge in [0.15, 0.2) is 0 Å². The van der Waals surface area contributed by atoms with Gasteiger partial charge in [-0.1, -0.05) is 13.3 Å². The van der Waals surface area contributed by atoms with Crippen molar-refractivity contribution in [2.75, 3.05) is 6.54 Å². The minimum Gasteiger partial charge on any atom is -0.391 e. The first-order valence-corrected chi connectivity index (χ1v) is 5.20. The lowest BCUT2D eigenvalue weighted by Crippen LogP contribution is -2.49.